The molecule has 0 heterocycles. The molecule has 138 valence electrons. The Morgan fingerprint density at radius 2 is 1.80 bits per heavy atom. The Bertz CT molecular complexity index is 559. The van der Waals surface area contributed by atoms with Crippen LogP contribution in [0.1, 0.15) is 58.4 Å². The molecule has 1 aromatic carbocycles. The van der Waals surface area contributed by atoms with Crippen LogP contribution in [0, 0.1) is 5.92 Å². The Morgan fingerprint density at radius 1 is 1.16 bits per heavy atom. The molecular weight excluding hydrogens is 318 g/mol. The van der Waals surface area contributed by atoms with Crippen molar-refractivity contribution in [2.24, 2.45) is 5.92 Å². The monoisotopic (exact) mass is 347 g/mol. The number of ether oxygens (including phenoxy) is 2. The number of alkyl carbamates (subject to hydrolysis) is 1. The first-order valence-corrected chi connectivity index (χ1v) is 9.03. The zero-order valence-electron chi connectivity index (χ0n) is 15.4. The first-order chi connectivity index (χ1) is 11.8. The second kappa shape index (κ2) is 8.88. The summed E-state index contributed by atoms with van der Waals surface area (Å²) in [6, 6.07) is 8.86. The molecule has 1 aromatic rings. The Morgan fingerprint density at radius 3 is 2.40 bits per heavy atom. The summed E-state index contributed by atoms with van der Waals surface area (Å²) in [6.45, 7) is 5.60. The Kier molecular flexibility index (Phi) is 6.85. The van der Waals surface area contributed by atoms with Gasteiger partial charge in [-0.15, -0.1) is 0 Å². The molecule has 5 heteroatoms. The Labute approximate surface area is 150 Å². The summed E-state index contributed by atoms with van der Waals surface area (Å²) in [6.07, 6.45) is 4.59. The van der Waals surface area contributed by atoms with Crippen LogP contribution in [0.25, 0.3) is 0 Å². The van der Waals surface area contributed by atoms with Gasteiger partial charge in [-0.25, -0.2) is 9.59 Å². The molecular formula is C20H29NO4. The molecule has 0 aromatic heterocycles. The summed E-state index contributed by atoms with van der Waals surface area (Å²) >= 11 is 0. The molecule has 0 saturated heterocycles. The van der Waals surface area contributed by atoms with Gasteiger partial charge >= 0.3 is 12.1 Å². The third-order valence-corrected chi connectivity index (χ3v) is 4.24. The van der Waals surface area contributed by atoms with Crippen LogP contribution < -0.4 is 5.32 Å². The van der Waals surface area contributed by atoms with Crippen molar-refractivity contribution in [1.82, 2.24) is 5.32 Å². The SMILES string of the molecule is CC(C)(C)OC(=O)N[C@@H](CC1CCCC1)C(=O)OCc1ccccc1. The molecule has 25 heavy (non-hydrogen) atoms. The van der Waals surface area contributed by atoms with Crippen molar-refractivity contribution in [3.05, 3.63) is 35.9 Å². The minimum atomic E-state index is -0.665. The lowest BCUT2D eigenvalue weighted by atomic mass is 9.98. The van der Waals surface area contributed by atoms with E-state index in [1.807, 2.05) is 30.3 Å². The summed E-state index contributed by atoms with van der Waals surface area (Å²) in [7, 11) is 0. The first-order valence-electron chi connectivity index (χ1n) is 9.03. The van der Waals surface area contributed by atoms with Crippen molar-refractivity contribution < 1.29 is 19.1 Å². The molecule has 1 fully saturated rings. The highest BCUT2D eigenvalue weighted by molar-refractivity contribution is 5.81. The lowest BCUT2D eigenvalue weighted by Gasteiger charge is -2.24. The van der Waals surface area contributed by atoms with Gasteiger partial charge in [0.05, 0.1) is 0 Å². The van der Waals surface area contributed by atoms with E-state index in [-0.39, 0.29) is 6.61 Å². The molecule has 1 atom stereocenters. The van der Waals surface area contributed by atoms with Gasteiger partial charge in [-0.3, -0.25) is 0 Å². The lowest BCUT2D eigenvalue weighted by molar-refractivity contribution is -0.148. The number of hydrogen-bond acceptors (Lipinski definition) is 4. The number of rotatable bonds is 6. The van der Waals surface area contributed by atoms with E-state index in [9.17, 15) is 9.59 Å². The van der Waals surface area contributed by atoms with Crippen LogP contribution in [-0.2, 0) is 20.9 Å². The van der Waals surface area contributed by atoms with E-state index in [2.05, 4.69) is 5.32 Å². The fraction of sp³-hybridized carbons (Fsp3) is 0.600. The molecule has 5 nitrogen and oxygen atoms in total. The molecule has 1 N–H and O–H groups in total. The van der Waals surface area contributed by atoms with Gasteiger partial charge in [-0.1, -0.05) is 56.0 Å². The van der Waals surface area contributed by atoms with Gasteiger partial charge in [0.15, 0.2) is 0 Å². The number of hydrogen-bond donors (Lipinski definition) is 1. The third kappa shape index (κ3) is 7.16. The Balaban J connectivity index is 1.94. The average Bonchev–Trinajstić information content (AvgIpc) is 3.04. The average molecular weight is 347 g/mol. The van der Waals surface area contributed by atoms with Crippen molar-refractivity contribution in [1.29, 1.82) is 0 Å². The maximum Gasteiger partial charge on any atom is 0.408 e. The van der Waals surface area contributed by atoms with Crippen LogP contribution in [0.4, 0.5) is 4.79 Å². The van der Waals surface area contributed by atoms with Crippen LogP contribution in [0.3, 0.4) is 0 Å². The maximum absolute atomic E-state index is 12.5. The van der Waals surface area contributed by atoms with Gasteiger partial charge in [0.25, 0.3) is 0 Å². The standard InChI is InChI=1S/C20H29NO4/c1-20(2,3)25-19(23)21-17(13-15-9-7-8-10-15)18(22)24-14-16-11-5-4-6-12-16/h4-6,11-12,15,17H,7-10,13-14H2,1-3H3,(H,21,23)/t17-/m0/s1. The molecule has 1 aliphatic carbocycles. The van der Waals surface area contributed by atoms with Gasteiger partial charge in [0.2, 0.25) is 0 Å². The van der Waals surface area contributed by atoms with Crippen molar-refractivity contribution in [2.45, 2.75) is 71.1 Å². The fourth-order valence-corrected chi connectivity index (χ4v) is 3.07. The number of nitrogens with one attached hydrogen (secondary N) is 1. The molecule has 0 aliphatic heterocycles. The highest BCUT2D eigenvalue weighted by Crippen LogP contribution is 2.29. The van der Waals surface area contributed by atoms with Crippen LogP contribution in [0.5, 0.6) is 0 Å². The van der Waals surface area contributed by atoms with Gasteiger partial charge in [0.1, 0.15) is 18.2 Å². The highest BCUT2D eigenvalue weighted by Gasteiger charge is 2.29. The highest BCUT2D eigenvalue weighted by atomic mass is 16.6. The summed E-state index contributed by atoms with van der Waals surface area (Å²) < 4.78 is 10.7. The van der Waals surface area contributed by atoms with E-state index in [1.165, 1.54) is 12.8 Å². The summed E-state index contributed by atoms with van der Waals surface area (Å²) in [5.74, 6) is 0.0471. The topological polar surface area (TPSA) is 64.6 Å². The lowest BCUT2D eigenvalue weighted by Crippen LogP contribution is -2.45. The second-order valence-corrected chi connectivity index (χ2v) is 7.68. The minimum absolute atomic E-state index is 0.205. The molecule has 1 amide bonds. The quantitative estimate of drug-likeness (QED) is 0.783. The molecule has 1 saturated carbocycles. The maximum atomic E-state index is 12.5. The molecule has 1 aliphatic rings. The fourth-order valence-electron chi connectivity index (χ4n) is 3.07. The molecule has 0 radical (unpaired) electrons. The molecule has 2 rings (SSSR count). The van der Waals surface area contributed by atoms with Crippen LogP contribution in [0.15, 0.2) is 30.3 Å². The van der Waals surface area contributed by atoms with Crippen LogP contribution in [-0.4, -0.2) is 23.7 Å². The van der Waals surface area contributed by atoms with E-state index in [4.69, 9.17) is 9.47 Å². The smallest absolute Gasteiger partial charge is 0.408 e. The molecule has 0 spiro atoms. The van der Waals surface area contributed by atoms with Crippen molar-refractivity contribution in [2.75, 3.05) is 0 Å². The first kappa shape index (κ1) is 19.3. The zero-order chi connectivity index (χ0) is 18.3. The number of amides is 1. The zero-order valence-corrected chi connectivity index (χ0v) is 15.4. The molecule has 0 unspecified atom stereocenters. The minimum Gasteiger partial charge on any atom is -0.459 e. The second-order valence-electron chi connectivity index (χ2n) is 7.68. The van der Waals surface area contributed by atoms with Crippen molar-refractivity contribution in [3.8, 4) is 0 Å². The van der Waals surface area contributed by atoms with Gasteiger partial charge in [0, 0.05) is 0 Å². The number of esters is 1. The third-order valence-electron chi connectivity index (χ3n) is 4.24. The van der Waals surface area contributed by atoms with E-state index in [0.29, 0.717) is 12.3 Å². The number of carbonyl (C=O) groups is 2. The summed E-state index contributed by atoms with van der Waals surface area (Å²) in [5.41, 5.74) is 0.323. The van der Waals surface area contributed by atoms with Gasteiger partial charge in [-0.05, 0) is 38.7 Å². The van der Waals surface area contributed by atoms with Crippen LogP contribution in [0.2, 0.25) is 0 Å². The molecule has 0 bridgehead atoms. The Hall–Kier alpha value is -2.04. The van der Waals surface area contributed by atoms with Crippen molar-refractivity contribution >= 4 is 12.1 Å². The predicted octanol–water partition coefficient (Wildman–Crippen LogP) is 4.20. The summed E-state index contributed by atoms with van der Waals surface area (Å²) in [4.78, 5) is 24.6. The van der Waals surface area contributed by atoms with E-state index in [1.54, 1.807) is 20.8 Å². The van der Waals surface area contributed by atoms with E-state index in [0.717, 1.165) is 18.4 Å². The van der Waals surface area contributed by atoms with Crippen molar-refractivity contribution in [3.63, 3.8) is 0 Å². The van der Waals surface area contributed by atoms with E-state index >= 15 is 0 Å². The van der Waals surface area contributed by atoms with E-state index < -0.39 is 23.7 Å². The van der Waals surface area contributed by atoms with Gasteiger partial charge < -0.3 is 14.8 Å². The largest absolute Gasteiger partial charge is 0.459 e. The van der Waals surface area contributed by atoms with Gasteiger partial charge in [-0.2, -0.15) is 0 Å². The number of carbonyl (C=O) groups excluding carboxylic acids is 2. The van der Waals surface area contributed by atoms with Crippen LogP contribution >= 0.6 is 0 Å². The predicted molar refractivity (Wildman–Crippen MR) is 96.0 cm³/mol. The number of benzene rings is 1. The summed E-state index contributed by atoms with van der Waals surface area (Å²) in [5, 5.41) is 2.70. The normalized spacial score (nSPS) is 16.3.